The van der Waals surface area contributed by atoms with E-state index >= 15 is 0 Å². The molecule has 3 rings (SSSR count). The predicted molar refractivity (Wildman–Crippen MR) is 127 cm³/mol. The second kappa shape index (κ2) is 9.68. The maximum Gasteiger partial charge on any atom is 0.323 e. The van der Waals surface area contributed by atoms with Crippen molar-refractivity contribution < 1.29 is 13.9 Å². The molecule has 0 fully saturated rings. The number of aromatic nitrogens is 1. The smallest absolute Gasteiger partial charge is 0.323 e. The number of amides is 2. The molecule has 2 aromatic carbocycles. The monoisotopic (exact) mass is 436 g/mol. The molecule has 1 heterocycles. The van der Waals surface area contributed by atoms with Crippen LogP contribution in [0.2, 0.25) is 0 Å². The lowest BCUT2D eigenvalue weighted by molar-refractivity contribution is 0.262. The summed E-state index contributed by atoms with van der Waals surface area (Å²) in [6.45, 7) is 9.01. The molecule has 2 amide bonds. The molecule has 0 bridgehead atoms. The Morgan fingerprint density at radius 3 is 2.47 bits per heavy atom. The highest BCUT2D eigenvalue weighted by atomic mass is 19.1. The van der Waals surface area contributed by atoms with Crippen LogP contribution in [0.1, 0.15) is 33.3 Å². The van der Waals surface area contributed by atoms with Gasteiger partial charge in [-0.15, -0.1) is 0 Å². The SMILES string of the molecule is CCN(C)c1ccc(NC(=O)Nc2cccnc2Oc2ccccc2C(C)(C)C)c(F)c1. The minimum absolute atomic E-state index is 0.0835. The molecule has 0 saturated heterocycles. The van der Waals surface area contributed by atoms with E-state index in [-0.39, 0.29) is 17.0 Å². The average Bonchev–Trinajstić information content (AvgIpc) is 2.75. The summed E-state index contributed by atoms with van der Waals surface area (Å²) in [5.41, 5.74) is 2.07. The van der Waals surface area contributed by atoms with Gasteiger partial charge in [0.05, 0.1) is 5.69 Å². The van der Waals surface area contributed by atoms with E-state index in [9.17, 15) is 9.18 Å². The van der Waals surface area contributed by atoms with E-state index < -0.39 is 11.8 Å². The number of rotatable bonds is 6. The first-order valence-corrected chi connectivity index (χ1v) is 10.5. The Labute approximate surface area is 188 Å². The van der Waals surface area contributed by atoms with Crippen LogP contribution < -0.4 is 20.3 Å². The second-order valence-corrected chi connectivity index (χ2v) is 8.46. The first kappa shape index (κ1) is 23.1. The Morgan fingerprint density at radius 1 is 1.06 bits per heavy atom. The number of hydrogen-bond donors (Lipinski definition) is 2. The molecule has 0 aliphatic heterocycles. The highest BCUT2D eigenvalue weighted by Gasteiger charge is 2.20. The van der Waals surface area contributed by atoms with Gasteiger partial charge in [-0.1, -0.05) is 39.0 Å². The van der Waals surface area contributed by atoms with Crippen LogP contribution in [0, 0.1) is 5.82 Å². The number of hydrogen-bond acceptors (Lipinski definition) is 4. The molecule has 3 aromatic rings. The van der Waals surface area contributed by atoms with Crippen molar-refractivity contribution in [3.05, 3.63) is 72.2 Å². The zero-order valence-corrected chi connectivity index (χ0v) is 19.1. The summed E-state index contributed by atoms with van der Waals surface area (Å²) in [5.74, 6) is 0.392. The highest BCUT2D eigenvalue weighted by molar-refractivity contribution is 6.00. The summed E-state index contributed by atoms with van der Waals surface area (Å²) in [7, 11) is 1.87. The Bertz CT molecular complexity index is 1100. The van der Waals surface area contributed by atoms with Gasteiger partial charge < -0.3 is 20.3 Å². The maximum atomic E-state index is 14.5. The molecule has 0 aliphatic rings. The minimum atomic E-state index is -0.595. The largest absolute Gasteiger partial charge is 0.437 e. The number of nitrogens with zero attached hydrogens (tertiary/aromatic N) is 2. The van der Waals surface area contributed by atoms with Crippen LogP contribution in [0.15, 0.2) is 60.8 Å². The van der Waals surface area contributed by atoms with Crippen molar-refractivity contribution in [1.82, 2.24) is 4.98 Å². The number of carbonyl (C=O) groups excluding carboxylic acids is 1. The third kappa shape index (κ3) is 5.55. The molecule has 6 nitrogen and oxygen atoms in total. The molecule has 1 aromatic heterocycles. The fourth-order valence-electron chi connectivity index (χ4n) is 3.15. The van der Waals surface area contributed by atoms with E-state index in [2.05, 4.69) is 36.4 Å². The van der Waals surface area contributed by atoms with Gasteiger partial charge in [-0.2, -0.15) is 0 Å². The summed E-state index contributed by atoms with van der Waals surface area (Å²) in [6.07, 6.45) is 1.58. The van der Waals surface area contributed by atoms with Gasteiger partial charge >= 0.3 is 6.03 Å². The van der Waals surface area contributed by atoms with E-state index in [4.69, 9.17) is 4.74 Å². The quantitative estimate of drug-likeness (QED) is 0.468. The van der Waals surface area contributed by atoms with Crippen molar-refractivity contribution >= 4 is 23.1 Å². The van der Waals surface area contributed by atoms with Crippen LogP contribution in [0.3, 0.4) is 0 Å². The molecule has 32 heavy (non-hydrogen) atoms. The summed E-state index contributed by atoms with van der Waals surface area (Å²) < 4.78 is 20.5. The Kier molecular flexibility index (Phi) is 6.98. The van der Waals surface area contributed by atoms with Gasteiger partial charge in [-0.05, 0) is 48.7 Å². The fraction of sp³-hybridized carbons (Fsp3) is 0.280. The van der Waals surface area contributed by atoms with Crippen molar-refractivity contribution in [2.45, 2.75) is 33.1 Å². The lowest BCUT2D eigenvalue weighted by atomic mass is 9.86. The van der Waals surface area contributed by atoms with Crippen LogP contribution in [0.4, 0.5) is 26.2 Å². The van der Waals surface area contributed by atoms with Crippen molar-refractivity contribution in [2.75, 3.05) is 29.1 Å². The van der Waals surface area contributed by atoms with Gasteiger partial charge in [0.1, 0.15) is 17.3 Å². The van der Waals surface area contributed by atoms with Crippen LogP contribution >= 0.6 is 0 Å². The summed E-state index contributed by atoms with van der Waals surface area (Å²) in [5, 5.41) is 5.24. The minimum Gasteiger partial charge on any atom is -0.437 e. The molecule has 2 N–H and O–H groups in total. The molecule has 0 atom stereocenters. The van der Waals surface area contributed by atoms with Crippen molar-refractivity contribution in [3.8, 4) is 11.6 Å². The van der Waals surface area contributed by atoms with Crippen LogP contribution in [0.5, 0.6) is 11.6 Å². The second-order valence-electron chi connectivity index (χ2n) is 8.46. The van der Waals surface area contributed by atoms with Gasteiger partial charge in [-0.3, -0.25) is 0 Å². The van der Waals surface area contributed by atoms with Crippen LogP contribution in [-0.2, 0) is 5.41 Å². The molecule has 168 valence electrons. The van der Waals surface area contributed by atoms with Gasteiger partial charge in [0.15, 0.2) is 0 Å². The first-order valence-electron chi connectivity index (χ1n) is 10.5. The van der Waals surface area contributed by atoms with Crippen molar-refractivity contribution in [3.63, 3.8) is 0 Å². The predicted octanol–water partition coefficient (Wildman–Crippen LogP) is 6.41. The number of anilines is 3. The van der Waals surface area contributed by atoms with Gasteiger partial charge in [-0.25, -0.2) is 14.2 Å². The molecule has 0 aliphatic carbocycles. The van der Waals surface area contributed by atoms with E-state index in [1.54, 1.807) is 24.4 Å². The Hall–Kier alpha value is -3.61. The van der Waals surface area contributed by atoms with Crippen LogP contribution in [0.25, 0.3) is 0 Å². The molecule has 0 unspecified atom stereocenters. The van der Waals surface area contributed by atoms with E-state index in [0.29, 0.717) is 11.4 Å². The molecular weight excluding hydrogens is 407 g/mol. The zero-order chi connectivity index (χ0) is 23.3. The number of ether oxygens (including phenoxy) is 1. The first-order chi connectivity index (χ1) is 15.2. The summed E-state index contributed by atoms with van der Waals surface area (Å²) >= 11 is 0. The van der Waals surface area contributed by atoms with Gasteiger partial charge in [0.2, 0.25) is 5.88 Å². The number of benzene rings is 2. The lowest BCUT2D eigenvalue weighted by Gasteiger charge is -2.22. The fourth-order valence-corrected chi connectivity index (χ4v) is 3.15. The highest BCUT2D eigenvalue weighted by Crippen LogP contribution is 2.35. The van der Waals surface area contributed by atoms with E-state index in [0.717, 1.165) is 17.8 Å². The molecule has 0 spiro atoms. The molecule has 0 radical (unpaired) electrons. The standard InChI is InChI=1S/C25H29FN4O2/c1-6-30(5)17-13-14-20(19(26)16-17)28-24(31)29-21-11-9-15-27-23(21)32-22-12-8-7-10-18(22)25(2,3)4/h7-16H,6H2,1-5H3,(H2,28,29,31). The number of halogens is 1. The molecular formula is C25H29FN4O2. The molecule has 7 heteroatoms. The Balaban J connectivity index is 1.77. The lowest BCUT2D eigenvalue weighted by Crippen LogP contribution is -2.21. The zero-order valence-electron chi connectivity index (χ0n) is 19.1. The number of carbonyl (C=O) groups is 1. The van der Waals surface area contributed by atoms with Gasteiger partial charge in [0, 0.05) is 31.0 Å². The third-order valence-electron chi connectivity index (χ3n) is 5.04. The number of para-hydroxylation sites is 1. The number of urea groups is 1. The summed E-state index contributed by atoms with van der Waals surface area (Å²) in [4.78, 5) is 18.7. The van der Waals surface area contributed by atoms with Crippen molar-refractivity contribution in [1.29, 1.82) is 0 Å². The van der Waals surface area contributed by atoms with Crippen LogP contribution in [-0.4, -0.2) is 24.6 Å². The third-order valence-corrected chi connectivity index (χ3v) is 5.04. The van der Waals surface area contributed by atoms with Crippen molar-refractivity contribution in [2.24, 2.45) is 0 Å². The average molecular weight is 437 g/mol. The normalized spacial score (nSPS) is 11.1. The topological polar surface area (TPSA) is 66.5 Å². The number of pyridine rings is 1. The van der Waals surface area contributed by atoms with Gasteiger partial charge in [0.25, 0.3) is 0 Å². The number of nitrogens with one attached hydrogen (secondary N) is 2. The maximum absolute atomic E-state index is 14.5. The van der Waals surface area contributed by atoms with E-state index in [1.807, 2.05) is 43.1 Å². The van der Waals surface area contributed by atoms with E-state index in [1.165, 1.54) is 12.1 Å². The molecule has 0 saturated carbocycles. The Morgan fingerprint density at radius 2 is 1.78 bits per heavy atom. The summed E-state index contributed by atoms with van der Waals surface area (Å²) in [6, 6.07) is 15.2.